The molecule has 1 aromatic heterocycles. The average Bonchev–Trinajstić information content (AvgIpc) is 2.82. The molecule has 2 rings (SSSR count). The van der Waals surface area contributed by atoms with Crippen LogP contribution in [0.3, 0.4) is 0 Å². The molecule has 90 valence electrons. The highest BCUT2D eigenvalue weighted by Gasteiger charge is 2.10. The van der Waals surface area contributed by atoms with E-state index in [1.807, 2.05) is 13.0 Å². The Morgan fingerprint density at radius 3 is 2.94 bits per heavy atom. The van der Waals surface area contributed by atoms with Crippen LogP contribution in [0, 0.1) is 0 Å². The third-order valence-electron chi connectivity index (χ3n) is 2.40. The molecule has 0 aliphatic rings. The lowest BCUT2D eigenvalue weighted by Crippen LogP contribution is -2.19. The summed E-state index contributed by atoms with van der Waals surface area (Å²) in [6.07, 6.45) is 1.30. The van der Waals surface area contributed by atoms with Gasteiger partial charge in [-0.05, 0) is 30.7 Å². The van der Waals surface area contributed by atoms with Crippen molar-refractivity contribution in [2.24, 2.45) is 0 Å². The van der Waals surface area contributed by atoms with Crippen molar-refractivity contribution in [3.8, 4) is 0 Å². The lowest BCUT2D eigenvalue weighted by atomic mass is 10.1. The van der Waals surface area contributed by atoms with Crippen LogP contribution in [-0.2, 0) is 6.54 Å². The van der Waals surface area contributed by atoms with E-state index in [0.29, 0.717) is 22.4 Å². The van der Waals surface area contributed by atoms with E-state index in [0.717, 1.165) is 5.56 Å². The quantitative estimate of drug-likeness (QED) is 0.928. The smallest absolute Gasteiger partial charge is 0.213 e. The maximum atomic E-state index is 6.10. The van der Waals surface area contributed by atoms with Gasteiger partial charge in [0.15, 0.2) is 5.82 Å². The van der Waals surface area contributed by atoms with Crippen LogP contribution in [0.1, 0.15) is 24.4 Å². The topological polar surface area (TPSA) is 51.0 Å². The Bertz CT molecular complexity index is 487. The number of nitrogens with zero attached hydrogens (tertiary/aromatic N) is 2. The van der Waals surface area contributed by atoms with Gasteiger partial charge in [-0.1, -0.05) is 28.4 Å². The number of rotatable bonds is 4. The predicted molar refractivity (Wildman–Crippen MR) is 66.0 cm³/mol. The molecule has 0 fully saturated rings. The first kappa shape index (κ1) is 12.4. The van der Waals surface area contributed by atoms with Crippen LogP contribution < -0.4 is 5.32 Å². The fourth-order valence-electron chi connectivity index (χ4n) is 1.47. The molecular formula is C11H11Cl2N3O. The van der Waals surface area contributed by atoms with Gasteiger partial charge in [-0.25, -0.2) is 0 Å². The van der Waals surface area contributed by atoms with Gasteiger partial charge in [0.1, 0.15) is 0 Å². The van der Waals surface area contributed by atoms with Crippen LogP contribution in [0.25, 0.3) is 0 Å². The largest absolute Gasteiger partial charge is 0.343 e. The Morgan fingerprint density at radius 2 is 2.24 bits per heavy atom. The lowest BCUT2D eigenvalue weighted by molar-refractivity contribution is 0.405. The van der Waals surface area contributed by atoms with Crippen molar-refractivity contribution in [1.82, 2.24) is 15.5 Å². The molecule has 1 atom stereocenters. The van der Waals surface area contributed by atoms with Crippen molar-refractivity contribution in [2.45, 2.75) is 19.5 Å². The minimum Gasteiger partial charge on any atom is -0.343 e. The molecule has 17 heavy (non-hydrogen) atoms. The van der Waals surface area contributed by atoms with E-state index in [2.05, 4.69) is 20.0 Å². The number of halogens is 2. The molecule has 0 bridgehead atoms. The van der Waals surface area contributed by atoms with E-state index < -0.39 is 0 Å². The normalized spacial score (nSPS) is 12.6. The molecule has 4 nitrogen and oxygen atoms in total. The highest BCUT2D eigenvalue weighted by atomic mass is 35.5. The summed E-state index contributed by atoms with van der Waals surface area (Å²) < 4.78 is 4.65. The highest BCUT2D eigenvalue weighted by molar-refractivity contribution is 6.33. The van der Waals surface area contributed by atoms with Crippen molar-refractivity contribution >= 4 is 23.2 Å². The Labute approximate surface area is 109 Å². The second-order valence-corrected chi connectivity index (χ2v) is 4.46. The fourth-order valence-corrected chi connectivity index (χ4v) is 1.93. The van der Waals surface area contributed by atoms with E-state index in [4.69, 9.17) is 23.2 Å². The first-order valence-corrected chi connectivity index (χ1v) is 5.86. The van der Waals surface area contributed by atoms with Crippen LogP contribution in [-0.4, -0.2) is 10.1 Å². The zero-order valence-electron chi connectivity index (χ0n) is 9.15. The Kier molecular flexibility index (Phi) is 3.99. The van der Waals surface area contributed by atoms with Crippen LogP contribution in [0.15, 0.2) is 29.1 Å². The molecule has 0 saturated heterocycles. The van der Waals surface area contributed by atoms with Gasteiger partial charge < -0.3 is 9.84 Å². The molecule has 1 unspecified atom stereocenters. The molecule has 0 aliphatic heterocycles. The fraction of sp³-hybridized carbons (Fsp3) is 0.273. The Hall–Kier alpha value is -1.10. The summed E-state index contributed by atoms with van der Waals surface area (Å²) in [5.74, 6) is 0.606. The summed E-state index contributed by atoms with van der Waals surface area (Å²) in [6, 6.07) is 5.45. The number of nitrogens with one attached hydrogen (secondary N) is 1. The SMILES string of the molecule is CC(NCc1ncon1)c1cc(Cl)ccc1Cl. The average molecular weight is 272 g/mol. The van der Waals surface area contributed by atoms with E-state index in [1.54, 1.807) is 12.1 Å². The van der Waals surface area contributed by atoms with Gasteiger partial charge in [0, 0.05) is 16.1 Å². The Morgan fingerprint density at radius 1 is 1.41 bits per heavy atom. The van der Waals surface area contributed by atoms with Crippen LogP contribution in [0.2, 0.25) is 10.0 Å². The summed E-state index contributed by atoms with van der Waals surface area (Å²) in [4.78, 5) is 3.92. The molecular weight excluding hydrogens is 261 g/mol. The van der Waals surface area contributed by atoms with Gasteiger partial charge in [-0.15, -0.1) is 0 Å². The predicted octanol–water partition coefficient (Wildman–Crippen LogP) is 3.23. The van der Waals surface area contributed by atoms with Crippen LogP contribution >= 0.6 is 23.2 Å². The van der Waals surface area contributed by atoms with Gasteiger partial charge in [0.25, 0.3) is 0 Å². The minimum absolute atomic E-state index is 0.0553. The van der Waals surface area contributed by atoms with Gasteiger partial charge in [-0.2, -0.15) is 4.98 Å². The number of hydrogen-bond donors (Lipinski definition) is 1. The summed E-state index contributed by atoms with van der Waals surface area (Å²) in [7, 11) is 0. The summed E-state index contributed by atoms with van der Waals surface area (Å²) in [6.45, 7) is 2.51. The van der Waals surface area contributed by atoms with Gasteiger partial charge in [0.2, 0.25) is 6.39 Å². The molecule has 1 heterocycles. The van der Waals surface area contributed by atoms with Gasteiger partial charge >= 0.3 is 0 Å². The number of benzene rings is 1. The number of hydrogen-bond acceptors (Lipinski definition) is 4. The number of aromatic nitrogens is 2. The summed E-state index contributed by atoms with van der Waals surface area (Å²) in [5.41, 5.74) is 0.947. The van der Waals surface area contributed by atoms with E-state index >= 15 is 0 Å². The van der Waals surface area contributed by atoms with E-state index in [9.17, 15) is 0 Å². The Balaban J connectivity index is 2.04. The minimum atomic E-state index is 0.0553. The molecule has 0 saturated carbocycles. The molecule has 2 aromatic rings. The second-order valence-electron chi connectivity index (χ2n) is 3.62. The van der Waals surface area contributed by atoms with Crippen molar-refractivity contribution < 1.29 is 4.52 Å². The van der Waals surface area contributed by atoms with Gasteiger partial charge in [0.05, 0.1) is 6.54 Å². The maximum absolute atomic E-state index is 6.10. The maximum Gasteiger partial charge on any atom is 0.213 e. The molecule has 0 spiro atoms. The van der Waals surface area contributed by atoms with Crippen LogP contribution in [0.4, 0.5) is 0 Å². The summed E-state index contributed by atoms with van der Waals surface area (Å²) in [5, 5.41) is 8.30. The highest BCUT2D eigenvalue weighted by Crippen LogP contribution is 2.26. The van der Waals surface area contributed by atoms with Crippen molar-refractivity contribution in [3.63, 3.8) is 0 Å². The van der Waals surface area contributed by atoms with Crippen LogP contribution in [0.5, 0.6) is 0 Å². The third-order valence-corrected chi connectivity index (χ3v) is 2.98. The molecule has 6 heteroatoms. The lowest BCUT2D eigenvalue weighted by Gasteiger charge is -2.14. The summed E-state index contributed by atoms with van der Waals surface area (Å²) >= 11 is 12.0. The molecule has 1 aromatic carbocycles. The van der Waals surface area contributed by atoms with E-state index in [1.165, 1.54) is 6.39 Å². The monoisotopic (exact) mass is 271 g/mol. The van der Waals surface area contributed by atoms with Crippen molar-refractivity contribution in [1.29, 1.82) is 0 Å². The van der Waals surface area contributed by atoms with E-state index in [-0.39, 0.29) is 6.04 Å². The van der Waals surface area contributed by atoms with Gasteiger partial charge in [-0.3, -0.25) is 0 Å². The zero-order valence-corrected chi connectivity index (χ0v) is 10.7. The molecule has 1 N–H and O–H groups in total. The van der Waals surface area contributed by atoms with Crippen molar-refractivity contribution in [3.05, 3.63) is 46.0 Å². The van der Waals surface area contributed by atoms with Crippen molar-refractivity contribution in [2.75, 3.05) is 0 Å². The second kappa shape index (κ2) is 5.49. The molecule has 0 amide bonds. The standard InChI is InChI=1S/C11H11Cl2N3O/c1-7(14-5-11-15-6-17-16-11)9-4-8(12)2-3-10(9)13/h2-4,6-7,14H,5H2,1H3. The molecule has 0 radical (unpaired) electrons. The first-order valence-electron chi connectivity index (χ1n) is 5.10. The first-order chi connectivity index (χ1) is 8.16. The molecule has 0 aliphatic carbocycles. The zero-order chi connectivity index (χ0) is 12.3. The third kappa shape index (κ3) is 3.19.